The normalized spacial score (nSPS) is 12.2. The lowest BCUT2D eigenvalue weighted by Gasteiger charge is -2.08. The van der Waals surface area contributed by atoms with E-state index < -0.39 is 0 Å². The molecule has 2 nitrogen and oxygen atoms in total. The molecule has 0 unspecified atom stereocenters. The van der Waals surface area contributed by atoms with E-state index in [4.69, 9.17) is 4.98 Å². The van der Waals surface area contributed by atoms with Crippen molar-refractivity contribution in [2.75, 3.05) is 0 Å². The Balaban J connectivity index is 1.73. The lowest BCUT2D eigenvalue weighted by Crippen LogP contribution is -1.92. The van der Waals surface area contributed by atoms with E-state index in [1.54, 1.807) is 6.20 Å². The zero-order valence-corrected chi connectivity index (χ0v) is 12.5. The van der Waals surface area contributed by atoms with Gasteiger partial charge in [0.05, 0.1) is 5.69 Å². The molecule has 2 aromatic carbocycles. The van der Waals surface area contributed by atoms with Crippen LogP contribution >= 0.6 is 0 Å². The van der Waals surface area contributed by atoms with Gasteiger partial charge >= 0.3 is 0 Å². The summed E-state index contributed by atoms with van der Waals surface area (Å²) in [5.41, 5.74) is 8.47. The summed E-state index contributed by atoms with van der Waals surface area (Å²) in [7, 11) is 0. The zero-order valence-electron chi connectivity index (χ0n) is 12.5. The minimum atomic E-state index is 0.804. The number of benzene rings is 2. The number of rotatable bonds is 1. The quantitative estimate of drug-likeness (QED) is 0.441. The highest BCUT2D eigenvalue weighted by Gasteiger charge is 2.21. The molecule has 23 heavy (non-hydrogen) atoms. The van der Waals surface area contributed by atoms with Crippen LogP contribution in [-0.4, -0.2) is 9.97 Å². The average Bonchev–Trinajstić information content (AvgIpc) is 3.00. The van der Waals surface area contributed by atoms with Gasteiger partial charge < -0.3 is 0 Å². The molecule has 2 heteroatoms. The lowest BCUT2D eigenvalue weighted by atomic mass is 9.98. The van der Waals surface area contributed by atoms with Gasteiger partial charge in [-0.25, -0.2) is 9.97 Å². The molecule has 108 valence electrons. The summed E-state index contributed by atoms with van der Waals surface area (Å²) in [5.74, 6) is 0. The van der Waals surface area contributed by atoms with Crippen LogP contribution in [0.4, 0.5) is 0 Å². The van der Waals surface area contributed by atoms with Crippen molar-refractivity contribution < 1.29 is 0 Å². The van der Waals surface area contributed by atoms with Crippen LogP contribution in [-0.2, 0) is 6.42 Å². The monoisotopic (exact) mass is 294 g/mol. The molecule has 0 saturated heterocycles. The van der Waals surface area contributed by atoms with Crippen molar-refractivity contribution in [2.45, 2.75) is 6.42 Å². The first-order chi connectivity index (χ1) is 11.4. The predicted molar refractivity (Wildman–Crippen MR) is 93.2 cm³/mol. The Kier molecular flexibility index (Phi) is 2.59. The summed E-state index contributed by atoms with van der Waals surface area (Å²) in [5, 5.41) is 1.08. The second-order valence-electron chi connectivity index (χ2n) is 5.91. The van der Waals surface area contributed by atoms with Gasteiger partial charge in [-0.3, -0.25) is 0 Å². The van der Waals surface area contributed by atoms with E-state index in [1.165, 1.54) is 27.8 Å². The Morgan fingerprint density at radius 3 is 2.57 bits per heavy atom. The lowest BCUT2D eigenvalue weighted by molar-refractivity contribution is 1.24. The van der Waals surface area contributed by atoms with Crippen molar-refractivity contribution in [3.05, 3.63) is 84.1 Å². The fourth-order valence-electron chi connectivity index (χ4n) is 3.50. The van der Waals surface area contributed by atoms with Gasteiger partial charge in [-0.2, -0.15) is 0 Å². The fraction of sp³-hybridized carbons (Fsp3) is 0.0476. The third kappa shape index (κ3) is 1.88. The molecule has 0 saturated carbocycles. The predicted octanol–water partition coefficient (Wildman–Crippen LogP) is 4.87. The molecule has 0 N–H and O–H groups in total. The Morgan fingerprint density at radius 1 is 0.696 bits per heavy atom. The van der Waals surface area contributed by atoms with Crippen LogP contribution in [0.3, 0.4) is 0 Å². The van der Waals surface area contributed by atoms with E-state index in [2.05, 4.69) is 59.6 Å². The first-order valence-corrected chi connectivity index (χ1v) is 7.82. The van der Waals surface area contributed by atoms with E-state index in [-0.39, 0.29) is 0 Å². The average molecular weight is 294 g/mol. The molecular formula is C21H14N2. The highest BCUT2D eigenvalue weighted by Crippen LogP contribution is 2.41. The van der Waals surface area contributed by atoms with Crippen LogP contribution in [0.25, 0.3) is 33.4 Å². The Labute approximate surface area is 134 Å². The topological polar surface area (TPSA) is 25.8 Å². The molecule has 0 atom stereocenters. The maximum Gasteiger partial charge on any atom is 0.159 e. The van der Waals surface area contributed by atoms with Crippen LogP contribution in [0.1, 0.15) is 11.1 Å². The molecule has 2 aromatic heterocycles. The largest absolute Gasteiger partial charge is 0.237 e. The van der Waals surface area contributed by atoms with Crippen molar-refractivity contribution in [1.82, 2.24) is 9.97 Å². The SMILES string of the molecule is c1ccc2c(c1)Cc1c(-c3ccc4cccnc4n3)cccc1-2. The zero-order chi connectivity index (χ0) is 15.2. The second-order valence-corrected chi connectivity index (χ2v) is 5.91. The summed E-state index contributed by atoms with van der Waals surface area (Å²) < 4.78 is 0. The van der Waals surface area contributed by atoms with Crippen molar-refractivity contribution in [1.29, 1.82) is 0 Å². The molecule has 0 radical (unpaired) electrons. The summed E-state index contributed by atoms with van der Waals surface area (Å²) in [6.07, 6.45) is 2.77. The third-order valence-corrected chi connectivity index (χ3v) is 4.59. The van der Waals surface area contributed by atoms with E-state index in [0.717, 1.165) is 23.1 Å². The molecule has 0 bridgehead atoms. The van der Waals surface area contributed by atoms with Gasteiger partial charge in [0.15, 0.2) is 5.65 Å². The first-order valence-electron chi connectivity index (χ1n) is 7.82. The van der Waals surface area contributed by atoms with Crippen LogP contribution < -0.4 is 0 Å². The van der Waals surface area contributed by atoms with E-state index >= 15 is 0 Å². The molecular weight excluding hydrogens is 280 g/mol. The molecule has 2 heterocycles. The molecule has 0 amide bonds. The van der Waals surface area contributed by atoms with Crippen molar-refractivity contribution in [2.24, 2.45) is 0 Å². The number of pyridine rings is 2. The highest BCUT2D eigenvalue weighted by atomic mass is 14.8. The van der Waals surface area contributed by atoms with Crippen molar-refractivity contribution >= 4 is 11.0 Å². The summed E-state index contributed by atoms with van der Waals surface area (Å²) >= 11 is 0. The molecule has 5 rings (SSSR count). The number of hydrogen-bond donors (Lipinski definition) is 0. The van der Waals surface area contributed by atoms with Gasteiger partial charge in [0.25, 0.3) is 0 Å². The maximum absolute atomic E-state index is 4.77. The Bertz CT molecular complexity index is 1050. The second kappa shape index (κ2) is 4.75. The van der Waals surface area contributed by atoms with E-state index in [0.29, 0.717) is 0 Å². The van der Waals surface area contributed by atoms with Crippen LogP contribution in [0, 0.1) is 0 Å². The van der Waals surface area contributed by atoms with Crippen molar-refractivity contribution in [3.8, 4) is 22.4 Å². The van der Waals surface area contributed by atoms with Gasteiger partial charge in [-0.1, -0.05) is 42.5 Å². The maximum atomic E-state index is 4.77. The van der Waals surface area contributed by atoms with Gasteiger partial charge in [0, 0.05) is 17.1 Å². The molecule has 0 aliphatic heterocycles. The fourth-order valence-corrected chi connectivity index (χ4v) is 3.50. The van der Waals surface area contributed by atoms with E-state index in [1.807, 2.05) is 12.1 Å². The van der Waals surface area contributed by atoms with Gasteiger partial charge in [-0.05, 0) is 52.9 Å². The minimum Gasteiger partial charge on any atom is -0.237 e. The molecule has 0 fully saturated rings. The first kappa shape index (κ1) is 12.5. The highest BCUT2D eigenvalue weighted by molar-refractivity contribution is 5.85. The van der Waals surface area contributed by atoms with Crippen LogP contribution in [0.15, 0.2) is 72.9 Å². The number of aromatic nitrogens is 2. The smallest absolute Gasteiger partial charge is 0.159 e. The summed E-state index contributed by atoms with van der Waals surface area (Å²) in [6.45, 7) is 0. The molecule has 1 aliphatic carbocycles. The number of nitrogens with zero attached hydrogens (tertiary/aromatic N) is 2. The minimum absolute atomic E-state index is 0.804. The van der Waals surface area contributed by atoms with Gasteiger partial charge in [0.1, 0.15) is 0 Å². The standard InChI is InChI=1S/C21H14N2/c1-2-7-16-15(5-1)13-19-17(16)8-3-9-18(19)20-11-10-14-6-4-12-22-21(14)23-20/h1-12H,13H2. The number of hydrogen-bond acceptors (Lipinski definition) is 2. The van der Waals surface area contributed by atoms with Gasteiger partial charge in [0.2, 0.25) is 0 Å². The van der Waals surface area contributed by atoms with Crippen LogP contribution in [0.2, 0.25) is 0 Å². The van der Waals surface area contributed by atoms with E-state index in [9.17, 15) is 0 Å². The van der Waals surface area contributed by atoms with Crippen molar-refractivity contribution in [3.63, 3.8) is 0 Å². The Hall–Kier alpha value is -3.00. The van der Waals surface area contributed by atoms with Gasteiger partial charge in [-0.15, -0.1) is 0 Å². The molecule has 0 spiro atoms. The third-order valence-electron chi connectivity index (χ3n) is 4.59. The number of fused-ring (bicyclic) bond motifs is 4. The molecule has 1 aliphatic rings. The molecule has 4 aromatic rings. The summed E-state index contributed by atoms with van der Waals surface area (Å²) in [6, 6.07) is 23.3. The summed E-state index contributed by atoms with van der Waals surface area (Å²) in [4.78, 5) is 9.16. The van der Waals surface area contributed by atoms with Crippen LogP contribution in [0.5, 0.6) is 0 Å². The Morgan fingerprint density at radius 2 is 1.57 bits per heavy atom.